The molecule has 0 amide bonds. The van der Waals surface area contributed by atoms with Crippen molar-refractivity contribution in [3.63, 3.8) is 0 Å². The Morgan fingerprint density at radius 2 is 1.48 bits per heavy atom. The monoisotopic (exact) mass is 430 g/mol. The molecule has 10 atom stereocenters. The highest BCUT2D eigenvalue weighted by molar-refractivity contribution is 5.79. The molecule has 172 valence electrons. The van der Waals surface area contributed by atoms with Gasteiger partial charge in [0.15, 0.2) is 12.1 Å². The van der Waals surface area contributed by atoms with Crippen molar-refractivity contribution in [3.05, 3.63) is 0 Å². The van der Waals surface area contributed by atoms with E-state index in [2.05, 4.69) is 0 Å². The lowest BCUT2D eigenvalue weighted by Crippen LogP contribution is -2.62. The molecule has 2 saturated heterocycles. The molecule has 0 aromatic rings. The maximum atomic E-state index is 10.00. The summed E-state index contributed by atoms with van der Waals surface area (Å²) in [6.07, 6.45) is -13.4. The zero-order valence-electron chi connectivity index (χ0n) is 16.0. The minimum absolute atomic E-state index is 0.185. The third kappa shape index (κ3) is 5.88. The minimum atomic E-state index is -2.22. The van der Waals surface area contributed by atoms with E-state index in [-0.39, 0.29) is 5.78 Å². The summed E-state index contributed by atoms with van der Waals surface area (Å²) in [4.78, 5) is 9.89. The number of aliphatic hydroxyl groups is 9. The second-order valence-electron chi connectivity index (χ2n) is 6.85. The van der Waals surface area contributed by atoms with Crippen molar-refractivity contribution in [3.8, 4) is 0 Å². The van der Waals surface area contributed by atoms with Crippen LogP contribution in [-0.2, 0) is 19.0 Å². The minimum Gasteiger partial charge on any atom is -0.394 e. The second-order valence-corrected chi connectivity index (χ2v) is 6.85. The Morgan fingerprint density at radius 1 is 0.966 bits per heavy atom. The highest BCUT2D eigenvalue weighted by Crippen LogP contribution is 2.35. The first-order valence-electron chi connectivity index (χ1n) is 8.88. The van der Waals surface area contributed by atoms with Gasteiger partial charge in [0, 0.05) is 0 Å². The first-order valence-corrected chi connectivity index (χ1v) is 8.88. The zero-order chi connectivity index (χ0) is 22.5. The van der Waals surface area contributed by atoms with Gasteiger partial charge in [0.25, 0.3) is 0 Å². The molecular formula is C16H30O13. The van der Waals surface area contributed by atoms with Crippen molar-refractivity contribution in [2.24, 2.45) is 0 Å². The molecule has 13 heteroatoms. The van der Waals surface area contributed by atoms with E-state index in [0.29, 0.717) is 0 Å². The van der Waals surface area contributed by atoms with Crippen molar-refractivity contribution in [1.29, 1.82) is 0 Å². The average Bonchev–Trinajstić information content (AvgIpc) is 2.93. The van der Waals surface area contributed by atoms with Gasteiger partial charge in [0.2, 0.25) is 5.79 Å². The fraction of sp³-hybridized carbons (Fsp3) is 0.938. The van der Waals surface area contributed by atoms with E-state index in [0.717, 1.165) is 0 Å². The maximum Gasteiger partial charge on any atom is 0.224 e. The Labute approximate surface area is 166 Å². The number of carbonyl (C=O) groups excluding carboxylic acids is 1. The number of carbonyl (C=O) groups is 1. The van der Waals surface area contributed by atoms with Gasteiger partial charge in [0.1, 0.15) is 55.4 Å². The summed E-state index contributed by atoms with van der Waals surface area (Å²) in [5, 5.41) is 84.9. The molecule has 13 nitrogen and oxygen atoms in total. The second kappa shape index (κ2) is 11.0. The van der Waals surface area contributed by atoms with E-state index in [4.69, 9.17) is 29.5 Å². The topological polar surface area (TPSA) is 227 Å². The average molecular weight is 430 g/mol. The van der Waals surface area contributed by atoms with E-state index in [1.807, 2.05) is 0 Å². The van der Waals surface area contributed by atoms with E-state index in [9.17, 15) is 35.4 Å². The van der Waals surface area contributed by atoms with Crippen LogP contribution in [0.25, 0.3) is 0 Å². The molecule has 1 unspecified atom stereocenters. The molecule has 2 rings (SSSR count). The SMILES string of the molecule is CC(=O)C(C)O.OC[C@H]1O[C@@](CO)(O[C@H]2O[C@H](CO)[C@@H](O)[C@H](O)[C@H]2O)[C@@H](O)[C@@H]1O. The number of hydrogen-bond acceptors (Lipinski definition) is 13. The molecular weight excluding hydrogens is 400 g/mol. The molecule has 0 aliphatic carbocycles. The van der Waals surface area contributed by atoms with Crippen LogP contribution in [0.4, 0.5) is 0 Å². The smallest absolute Gasteiger partial charge is 0.224 e. The summed E-state index contributed by atoms with van der Waals surface area (Å²) in [6.45, 7) is 0.476. The van der Waals surface area contributed by atoms with Crippen molar-refractivity contribution in [2.75, 3.05) is 19.8 Å². The lowest BCUT2D eigenvalue weighted by atomic mass is 9.99. The predicted octanol–water partition coefficient (Wildman–Crippen LogP) is -5.44. The first kappa shape index (κ1) is 26.2. The van der Waals surface area contributed by atoms with Crippen LogP contribution in [0.1, 0.15) is 13.8 Å². The van der Waals surface area contributed by atoms with Gasteiger partial charge in [-0.1, -0.05) is 0 Å². The molecule has 9 N–H and O–H groups in total. The van der Waals surface area contributed by atoms with Gasteiger partial charge in [-0.3, -0.25) is 4.79 Å². The van der Waals surface area contributed by atoms with E-state index in [1.54, 1.807) is 0 Å². The summed E-state index contributed by atoms with van der Waals surface area (Å²) < 4.78 is 15.4. The summed E-state index contributed by atoms with van der Waals surface area (Å²) >= 11 is 0. The Balaban J connectivity index is 0.000000612. The van der Waals surface area contributed by atoms with Crippen LogP contribution in [0.2, 0.25) is 0 Å². The molecule has 0 spiro atoms. The fourth-order valence-electron chi connectivity index (χ4n) is 2.63. The van der Waals surface area contributed by atoms with Crippen LogP contribution in [0.3, 0.4) is 0 Å². The van der Waals surface area contributed by atoms with E-state index in [1.165, 1.54) is 13.8 Å². The molecule has 0 aromatic carbocycles. The van der Waals surface area contributed by atoms with Gasteiger partial charge in [-0.25, -0.2) is 0 Å². The molecule has 0 radical (unpaired) electrons. The molecule has 2 aliphatic rings. The maximum absolute atomic E-state index is 10.00. The number of ketones is 1. The Hall–Kier alpha value is -0.810. The van der Waals surface area contributed by atoms with Gasteiger partial charge < -0.3 is 60.2 Å². The highest BCUT2D eigenvalue weighted by Gasteiger charge is 2.58. The van der Waals surface area contributed by atoms with Crippen molar-refractivity contribution in [2.45, 2.75) is 74.8 Å². The number of ether oxygens (including phenoxy) is 3. The van der Waals surface area contributed by atoms with Gasteiger partial charge >= 0.3 is 0 Å². The molecule has 0 saturated carbocycles. The molecule has 2 aliphatic heterocycles. The van der Waals surface area contributed by atoms with Crippen LogP contribution in [0.5, 0.6) is 0 Å². The van der Waals surface area contributed by atoms with Crippen molar-refractivity contribution >= 4 is 5.78 Å². The van der Waals surface area contributed by atoms with Crippen LogP contribution >= 0.6 is 0 Å². The van der Waals surface area contributed by atoms with Gasteiger partial charge in [-0.2, -0.15) is 0 Å². The van der Waals surface area contributed by atoms with E-state index >= 15 is 0 Å². The summed E-state index contributed by atoms with van der Waals surface area (Å²) in [5.41, 5.74) is 0. The Kier molecular flexibility index (Phi) is 9.94. The molecule has 2 fully saturated rings. The fourth-order valence-corrected chi connectivity index (χ4v) is 2.63. The third-order valence-electron chi connectivity index (χ3n) is 4.66. The van der Waals surface area contributed by atoms with Crippen molar-refractivity contribution in [1.82, 2.24) is 0 Å². The number of aliphatic hydroxyl groups excluding tert-OH is 9. The van der Waals surface area contributed by atoms with Crippen LogP contribution in [-0.4, -0.2) is 132 Å². The standard InChI is InChI=1S/C12H22O11.C4H8O2/c13-1-4-6(16)8(18)9(19)11(21-4)23-12(3-15)10(20)7(17)5(2-14)22-12;1-3(5)4(2)6/h4-11,13-20H,1-3H2;3,5H,1-2H3/t4-,5-,6-,7-,8+,9-,10+,11-,12+;/m1./s1. The third-order valence-corrected chi connectivity index (χ3v) is 4.66. The summed E-state index contributed by atoms with van der Waals surface area (Å²) in [6, 6.07) is 0. The van der Waals surface area contributed by atoms with Crippen molar-refractivity contribution < 1.29 is 65.0 Å². The highest BCUT2D eigenvalue weighted by atomic mass is 16.8. The molecule has 0 aromatic heterocycles. The molecule has 0 bridgehead atoms. The van der Waals surface area contributed by atoms with Crippen LogP contribution in [0.15, 0.2) is 0 Å². The lowest BCUT2D eigenvalue weighted by Gasteiger charge is -2.43. The van der Waals surface area contributed by atoms with Gasteiger partial charge in [-0.05, 0) is 13.8 Å². The quantitative estimate of drug-likeness (QED) is 0.192. The number of hydrogen-bond donors (Lipinski definition) is 9. The lowest BCUT2D eigenvalue weighted by molar-refractivity contribution is -0.383. The first-order chi connectivity index (χ1) is 13.4. The Morgan fingerprint density at radius 3 is 1.86 bits per heavy atom. The van der Waals surface area contributed by atoms with Crippen LogP contribution in [0, 0.1) is 0 Å². The largest absolute Gasteiger partial charge is 0.394 e. The molecule has 2 heterocycles. The Bertz CT molecular complexity index is 515. The predicted molar refractivity (Wildman–Crippen MR) is 91.0 cm³/mol. The van der Waals surface area contributed by atoms with Gasteiger partial charge in [0.05, 0.1) is 13.2 Å². The normalized spacial score (nSPS) is 43.4. The number of rotatable bonds is 6. The van der Waals surface area contributed by atoms with Gasteiger partial charge in [-0.15, -0.1) is 0 Å². The van der Waals surface area contributed by atoms with Crippen LogP contribution < -0.4 is 0 Å². The summed E-state index contributed by atoms with van der Waals surface area (Å²) in [5.74, 6) is -2.41. The zero-order valence-corrected chi connectivity index (χ0v) is 16.0. The molecule has 29 heavy (non-hydrogen) atoms. The van der Waals surface area contributed by atoms with E-state index < -0.39 is 80.7 Å². The summed E-state index contributed by atoms with van der Waals surface area (Å²) in [7, 11) is 0. The number of Topliss-reactive ketones (excluding diaryl/α,β-unsaturated/α-hetero) is 1.